The molecule has 172 valence electrons. The number of carbonyl (C=O) groups excluding carboxylic acids is 2. The SMILES string of the molecule is CCCC(=O)OC[C@H](O)CN(CCC)Cc1nc2sc(C(=O)OCC)c(C)c2c(=O)[nH]1. The molecule has 10 heteroatoms. The summed E-state index contributed by atoms with van der Waals surface area (Å²) >= 11 is 1.14. The van der Waals surface area contributed by atoms with Crippen LogP contribution in [0.4, 0.5) is 0 Å². The van der Waals surface area contributed by atoms with Crippen molar-refractivity contribution in [2.24, 2.45) is 0 Å². The quantitative estimate of drug-likeness (QED) is 0.470. The van der Waals surface area contributed by atoms with Crippen LogP contribution < -0.4 is 5.56 Å². The Hall–Kier alpha value is -2.30. The number of aryl methyl sites for hydroxylation is 1. The minimum absolute atomic E-state index is 0.0744. The van der Waals surface area contributed by atoms with Crippen molar-refractivity contribution in [3.63, 3.8) is 0 Å². The lowest BCUT2D eigenvalue weighted by molar-refractivity contribution is -0.147. The molecular formula is C21H31N3O6S. The van der Waals surface area contributed by atoms with E-state index in [1.54, 1.807) is 13.8 Å². The molecule has 9 nitrogen and oxygen atoms in total. The highest BCUT2D eigenvalue weighted by Crippen LogP contribution is 2.27. The van der Waals surface area contributed by atoms with Crippen LogP contribution >= 0.6 is 11.3 Å². The van der Waals surface area contributed by atoms with E-state index in [0.29, 0.717) is 52.4 Å². The normalized spacial score (nSPS) is 12.3. The van der Waals surface area contributed by atoms with Gasteiger partial charge < -0.3 is 19.6 Å². The van der Waals surface area contributed by atoms with Gasteiger partial charge in [0.15, 0.2) is 0 Å². The Labute approximate surface area is 185 Å². The number of ether oxygens (including phenoxy) is 2. The van der Waals surface area contributed by atoms with Gasteiger partial charge in [-0.2, -0.15) is 0 Å². The number of aromatic amines is 1. The lowest BCUT2D eigenvalue weighted by atomic mass is 10.2. The van der Waals surface area contributed by atoms with Crippen LogP contribution in [0.1, 0.15) is 61.1 Å². The summed E-state index contributed by atoms with van der Waals surface area (Å²) in [5.74, 6) is -0.347. The Balaban J connectivity index is 2.16. The summed E-state index contributed by atoms with van der Waals surface area (Å²) in [5.41, 5.74) is 0.253. The molecule has 0 radical (unpaired) electrons. The molecule has 0 bridgehead atoms. The van der Waals surface area contributed by atoms with E-state index < -0.39 is 12.1 Å². The van der Waals surface area contributed by atoms with Gasteiger partial charge in [0.1, 0.15) is 28.2 Å². The van der Waals surface area contributed by atoms with Crippen molar-refractivity contribution in [1.82, 2.24) is 14.9 Å². The lowest BCUT2D eigenvalue weighted by Crippen LogP contribution is -2.36. The molecule has 31 heavy (non-hydrogen) atoms. The molecule has 0 unspecified atom stereocenters. The first-order chi connectivity index (χ1) is 14.8. The molecule has 1 atom stereocenters. The fourth-order valence-corrected chi connectivity index (χ4v) is 4.33. The van der Waals surface area contributed by atoms with Gasteiger partial charge >= 0.3 is 11.9 Å². The van der Waals surface area contributed by atoms with E-state index in [1.807, 2.05) is 18.7 Å². The maximum atomic E-state index is 12.6. The van der Waals surface area contributed by atoms with Crippen LogP contribution in [0.5, 0.6) is 0 Å². The summed E-state index contributed by atoms with van der Waals surface area (Å²) in [6.07, 6.45) is 1.01. The van der Waals surface area contributed by atoms with E-state index in [1.165, 1.54) is 0 Å². The van der Waals surface area contributed by atoms with E-state index >= 15 is 0 Å². The Bertz CT molecular complexity index is 954. The minimum atomic E-state index is -0.845. The van der Waals surface area contributed by atoms with Crippen LogP contribution in [-0.4, -0.2) is 64.3 Å². The van der Waals surface area contributed by atoms with E-state index in [2.05, 4.69) is 9.97 Å². The summed E-state index contributed by atoms with van der Waals surface area (Å²) in [7, 11) is 0. The predicted molar refractivity (Wildman–Crippen MR) is 118 cm³/mol. The number of hydrogen-bond acceptors (Lipinski definition) is 9. The second-order valence-electron chi connectivity index (χ2n) is 7.29. The smallest absolute Gasteiger partial charge is 0.348 e. The van der Waals surface area contributed by atoms with E-state index in [-0.39, 0.29) is 31.3 Å². The number of hydrogen-bond donors (Lipinski definition) is 2. The number of esters is 2. The van der Waals surface area contributed by atoms with Crippen LogP contribution in [0.3, 0.4) is 0 Å². The highest BCUT2D eigenvalue weighted by Gasteiger charge is 2.21. The predicted octanol–water partition coefficient (Wildman–Crippen LogP) is 2.39. The molecule has 0 aliphatic heterocycles. The van der Waals surface area contributed by atoms with E-state index in [4.69, 9.17) is 9.47 Å². The average Bonchev–Trinajstić information content (AvgIpc) is 3.04. The first kappa shape index (κ1) is 25.0. The van der Waals surface area contributed by atoms with Gasteiger partial charge in [-0.05, 0) is 38.8 Å². The van der Waals surface area contributed by atoms with Gasteiger partial charge in [0.05, 0.1) is 18.5 Å². The minimum Gasteiger partial charge on any atom is -0.463 e. The molecule has 2 rings (SSSR count). The van der Waals surface area contributed by atoms with Gasteiger partial charge in [-0.15, -0.1) is 11.3 Å². The first-order valence-electron chi connectivity index (χ1n) is 10.6. The molecule has 0 saturated carbocycles. The molecule has 0 fully saturated rings. The zero-order valence-corrected chi connectivity index (χ0v) is 19.3. The zero-order chi connectivity index (χ0) is 23.0. The number of thiophene rings is 1. The zero-order valence-electron chi connectivity index (χ0n) is 18.5. The molecule has 0 aromatic carbocycles. The Morgan fingerprint density at radius 2 is 1.97 bits per heavy atom. The van der Waals surface area contributed by atoms with Crippen molar-refractivity contribution in [3.05, 3.63) is 26.6 Å². The van der Waals surface area contributed by atoms with Gasteiger partial charge in [-0.1, -0.05) is 13.8 Å². The van der Waals surface area contributed by atoms with Crippen molar-refractivity contribution in [1.29, 1.82) is 0 Å². The van der Waals surface area contributed by atoms with Crippen molar-refractivity contribution in [2.75, 3.05) is 26.3 Å². The number of aliphatic hydroxyl groups is 1. The fourth-order valence-electron chi connectivity index (χ4n) is 3.23. The number of nitrogens with one attached hydrogen (secondary N) is 1. The van der Waals surface area contributed by atoms with Crippen LogP contribution in [0, 0.1) is 6.92 Å². The Morgan fingerprint density at radius 1 is 1.23 bits per heavy atom. The number of fused-ring (bicyclic) bond motifs is 1. The van der Waals surface area contributed by atoms with Crippen molar-refractivity contribution in [2.45, 2.75) is 59.6 Å². The number of rotatable bonds is 12. The van der Waals surface area contributed by atoms with Gasteiger partial charge in [0.25, 0.3) is 5.56 Å². The van der Waals surface area contributed by atoms with Crippen LogP contribution in [-0.2, 0) is 20.8 Å². The molecule has 0 amide bonds. The number of carbonyl (C=O) groups is 2. The first-order valence-corrected chi connectivity index (χ1v) is 11.4. The van der Waals surface area contributed by atoms with Crippen molar-refractivity contribution >= 4 is 33.5 Å². The van der Waals surface area contributed by atoms with Crippen molar-refractivity contribution in [3.8, 4) is 0 Å². The highest BCUT2D eigenvalue weighted by molar-refractivity contribution is 7.20. The van der Waals surface area contributed by atoms with Crippen molar-refractivity contribution < 1.29 is 24.2 Å². The Morgan fingerprint density at radius 3 is 2.61 bits per heavy atom. The third-order valence-corrected chi connectivity index (χ3v) is 5.75. The second-order valence-corrected chi connectivity index (χ2v) is 8.29. The summed E-state index contributed by atoms with van der Waals surface area (Å²) in [6, 6.07) is 0. The monoisotopic (exact) mass is 453 g/mol. The average molecular weight is 454 g/mol. The maximum absolute atomic E-state index is 12.6. The number of aliphatic hydroxyl groups excluding tert-OH is 1. The van der Waals surface area contributed by atoms with Crippen LogP contribution in [0.2, 0.25) is 0 Å². The largest absolute Gasteiger partial charge is 0.463 e. The summed E-state index contributed by atoms with van der Waals surface area (Å²) in [6.45, 7) is 8.76. The van der Waals surface area contributed by atoms with Gasteiger partial charge in [-0.3, -0.25) is 14.5 Å². The number of nitrogens with zero attached hydrogens (tertiary/aromatic N) is 2. The van der Waals surface area contributed by atoms with Gasteiger partial charge in [0.2, 0.25) is 0 Å². The number of H-pyrrole nitrogens is 1. The van der Waals surface area contributed by atoms with Gasteiger partial charge in [0, 0.05) is 13.0 Å². The van der Waals surface area contributed by atoms with Crippen LogP contribution in [0.25, 0.3) is 10.2 Å². The van der Waals surface area contributed by atoms with Crippen LogP contribution in [0.15, 0.2) is 4.79 Å². The number of aromatic nitrogens is 2. The molecule has 0 saturated heterocycles. The fraction of sp³-hybridized carbons (Fsp3) is 0.619. The topological polar surface area (TPSA) is 122 Å². The Kier molecular flexibility index (Phi) is 9.60. The highest BCUT2D eigenvalue weighted by atomic mass is 32.1. The molecular weight excluding hydrogens is 422 g/mol. The molecule has 2 aromatic heterocycles. The third-order valence-electron chi connectivity index (χ3n) is 4.58. The van der Waals surface area contributed by atoms with E-state index in [0.717, 1.165) is 17.8 Å². The maximum Gasteiger partial charge on any atom is 0.348 e. The second kappa shape index (κ2) is 11.9. The van der Waals surface area contributed by atoms with E-state index in [9.17, 15) is 19.5 Å². The molecule has 2 aromatic rings. The molecule has 2 N–H and O–H groups in total. The summed E-state index contributed by atoms with van der Waals surface area (Å²) < 4.78 is 10.1. The van der Waals surface area contributed by atoms with Gasteiger partial charge in [-0.25, -0.2) is 9.78 Å². The lowest BCUT2D eigenvalue weighted by Gasteiger charge is -2.24. The molecule has 0 aliphatic rings. The third kappa shape index (κ3) is 6.84. The molecule has 0 spiro atoms. The molecule has 0 aliphatic carbocycles. The summed E-state index contributed by atoms with van der Waals surface area (Å²) in [5, 5.41) is 10.6. The molecule has 2 heterocycles. The summed E-state index contributed by atoms with van der Waals surface area (Å²) in [4.78, 5) is 46.4. The standard InChI is InChI=1S/C21H31N3O6S/c1-5-8-16(26)30-12-14(25)10-24(9-6-2)11-15-22-19(27)17-13(4)18(21(28)29-7-3)31-20(17)23-15/h14,25H,5-12H2,1-4H3,(H,22,23,27)/t14-/m1/s1.